The van der Waals surface area contributed by atoms with Gasteiger partial charge in [0.2, 0.25) is 0 Å². The molecule has 1 heterocycles. The van der Waals surface area contributed by atoms with Crippen molar-refractivity contribution in [3.05, 3.63) is 54.1 Å². The van der Waals surface area contributed by atoms with Gasteiger partial charge in [-0.05, 0) is 87.7 Å². The van der Waals surface area contributed by atoms with Crippen molar-refractivity contribution >= 4 is 17.4 Å². The van der Waals surface area contributed by atoms with Crippen LogP contribution in [0, 0.1) is 0 Å². The highest BCUT2D eigenvalue weighted by atomic mass is 32.2. The molecule has 31 heavy (non-hydrogen) atoms. The van der Waals surface area contributed by atoms with E-state index in [1.807, 2.05) is 26.0 Å². The fourth-order valence-corrected chi connectivity index (χ4v) is 4.49. The third-order valence-corrected chi connectivity index (χ3v) is 6.97. The van der Waals surface area contributed by atoms with E-state index in [1.54, 1.807) is 11.8 Å². The standard InChI is InChI=1S/C26H38N2O2S/c1-21(2)30-24-9-7-23(8-10-24)27(3)18-14-26(29)15-19-28(20-16-26)17-13-22-5-11-25(31-4)12-6-22/h5-12,21,29H,13-20H2,1-4H3. The molecular formula is C26H38N2O2S. The Morgan fingerprint density at radius 3 is 2.29 bits per heavy atom. The van der Waals surface area contributed by atoms with Crippen LogP contribution in [0.25, 0.3) is 0 Å². The maximum absolute atomic E-state index is 11.1. The number of ether oxygens (including phenoxy) is 1. The third-order valence-electron chi connectivity index (χ3n) is 6.22. The second kappa shape index (κ2) is 11.3. The molecule has 1 aliphatic rings. The van der Waals surface area contributed by atoms with Crippen LogP contribution in [0.15, 0.2) is 53.4 Å². The smallest absolute Gasteiger partial charge is 0.119 e. The Morgan fingerprint density at radius 2 is 1.71 bits per heavy atom. The first kappa shape index (κ1) is 24.0. The van der Waals surface area contributed by atoms with E-state index in [9.17, 15) is 5.11 Å². The van der Waals surface area contributed by atoms with Gasteiger partial charge in [-0.15, -0.1) is 11.8 Å². The van der Waals surface area contributed by atoms with Crippen molar-refractivity contribution in [2.24, 2.45) is 0 Å². The number of hydrogen-bond donors (Lipinski definition) is 1. The SMILES string of the molecule is CSc1ccc(CCN2CCC(O)(CCN(C)c3ccc(OC(C)C)cc3)CC2)cc1. The van der Waals surface area contributed by atoms with Crippen LogP contribution in [-0.2, 0) is 6.42 Å². The highest BCUT2D eigenvalue weighted by Gasteiger charge is 2.32. The number of nitrogens with zero attached hydrogens (tertiary/aromatic N) is 2. The maximum Gasteiger partial charge on any atom is 0.119 e. The minimum absolute atomic E-state index is 0.185. The number of anilines is 1. The summed E-state index contributed by atoms with van der Waals surface area (Å²) in [6, 6.07) is 17.1. The van der Waals surface area contributed by atoms with Crippen molar-refractivity contribution in [1.29, 1.82) is 0 Å². The molecule has 0 spiro atoms. The Balaban J connectivity index is 1.40. The van der Waals surface area contributed by atoms with Gasteiger partial charge in [-0.3, -0.25) is 0 Å². The van der Waals surface area contributed by atoms with Gasteiger partial charge in [-0.2, -0.15) is 0 Å². The van der Waals surface area contributed by atoms with Crippen LogP contribution in [0.5, 0.6) is 5.75 Å². The summed E-state index contributed by atoms with van der Waals surface area (Å²) in [6.45, 7) is 7.95. The van der Waals surface area contributed by atoms with Crippen molar-refractivity contribution in [3.8, 4) is 5.75 Å². The zero-order valence-corrected chi connectivity index (χ0v) is 20.3. The fourth-order valence-electron chi connectivity index (χ4n) is 4.08. The predicted octanol–water partition coefficient (Wildman–Crippen LogP) is 5.09. The third kappa shape index (κ3) is 7.44. The van der Waals surface area contributed by atoms with Crippen LogP contribution >= 0.6 is 11.8 Å². The molecule has 0 aliphatic carbocycles. The average molecular weight is 443 g/mol. The summed E-state index contributed by atoms with van der Waals surface area (Å²) in [5.74, 6) is 0.901. The Hall–Kier alpha value is -1.69. The van der Waals surface area contributed by atoms with E-state index in [2.05, 4.69) is 59.5 Å². The molecule has 1 saturated heterocycles. The minimum atomic E-state index is -0.550. The van der Waals surface area contributed by atoms with Gasteiger partial charge in [0.25, 0.3) is 0 Å². The Bertz CT molecular complexity index is 784. The minimum Gasteiger partial charge on any atom is -0.491 e. The van der Waals surface area contributed by atoms with E-state index in [4.69, 9.17) is 4.74 Å². The summed E-state index contributed by atoms with van der Waals surface area (Å²) in [6.07, 6.45) is 5.88. The van der Waals surface area contributed by atoms with Crippen LogP contribution in [-0.4, -0.2) is 61.2 Å². The zero-order chi connectivity index (χ0) is 22.3. The van der Waals surface area contributed by atoms with Crippen molar-refractivity contribution < 1.29 is 9.84 Å². The van der Waals surface area contributed by atoms with Gasteiger partial charge in [0.05, 0.1) is 11.7 Å². The van der Waals surface area contributed by atoms with Crippen molar-refractivity contribution in [2.75, 3.05) is 44.4 Å². The molecule has 4 nitrogen and oxygen atoms in total. The summed E-state index contributed by atoms with van der Waals surface area (Å²) in [5, 5.41) is 11.1. The molecule has 0 atom stereocenters. The second-order valence-electron chi connectivity index (χ2n) is 9.00. The topological polar surface area (TPSA) is 35.9 Å². The Labute approximate surface area is 192 Å². The molecule has 0 bridgehead atoms. The van der Waals surface area contributed by atoms with Crippen LogP contribution in [0.4, 0.5) is 5.69 Å². The monoisotopic (exact) mass is 442 g/mol. The van der Waals surface area contributed by atoms with E-state index in [1.165, 1.54) is 10.5 Å². The van der Waals surface area contributed by atoms with E-state index < -0.39 is 5.60 Å². The molecule has 0 unspecified atom stereocenters. The number of rotatable bonds is 10. The van der Waals surface area contributed by atoms with E-state index in [0.717, 1.165) is 63.3 Å². The zero-order valence-electron chi connectivity index (χ0n) is 19.5. The fraction of sp³-hybridized carbons (Fsp3) is 0.538. The maximum atomic E-state index is 11.1. The number of aliphatic hydroxyl groups is 1. The van der Waals surface area contributed by atoms with E-state index in [0.29, 0.717) is 0 Å². The highest BCUT2D eigenvalue weighted by Crippen LogP contribution is 2.27. The number of thioether (sulfide) groups is 1. The second-order valence-corrected chi connectivity index (χ2v) is 9.88. The number of hydrogen-bond acceptors (Lipinski definition) is 5. The first-order valence-corrected chi connectivity index (χ1v) is 12.6. The lowest BCUT2D eigenvalue weighted by molar-refractivity contribution is -0.0254. The van der Waals surface area contributed by atoms with E-state index in [-0.39, 0.29) is 6.10 Å². The summed E-state index contributed by atoms with van der Waals surface area (Å²) >= 11 is 1.78. The normalized spacial score (nSPS) is 16.5. The van der Waals surface area contributed by atoms with Crippen molar-refractivity contribution in [1.82, 2.24) is 4.90 Å². The van der Waals surface area contributed by atoms with Crippen molar-refractivity contribution in [3.63, 3.8) is 0 Å². The van der Waals surface area contributed by atoms with Gasteiger partial charge in [0, 0.05) is 43.8 Å². The van der Waals surface area contributed by atoms with Crippen molar-refractivity contribution in [2.45, 2.75) is 56.1 Å². The average Bonchev–Trinajstić information content (AvgIpc) is 2.78. The Kier molecular flexibility index (Phi) is 8.70. The molecule has 3 rings (SSSR count). The number of benzene rings is 2. The summed E-state index contributed by atoms with van der Waals surface area (Å²) in [7, 11) is 2.10. The molecule has 5 heteroatoms. The molecule has 1 N–H and O–H groups in total. The van der Waals surface area contributed by atoms with Gasteiger partial charge in [-0.1, -0.05) is 12.1 Å². The molecule has 0 radical (unpaired) electrons. The van der Waals surface area contributed by atoms with E-state index >= 15 is 0 Å². The summed E-state index contributed by atoms with van der Waals surface area (Å²) in [4.78, 5) is 6.03. The molecule has 0 saturated carbocycles. The molecule has 2 aromatic rings. The summed E-state index contributed by atoms with van der Waals surface area (Å²) < 4.78 is 5.72. The van der Waals surface area contributed by atoms with Crippen LogP contribution in [0.3, 0.4) is 0 Å². The molecule has 0 amide bonds. The summed E-state index contributed by atoms with van der Waals surface area (Å²) in [5.41, 5.74) is 2.00. The number of piperidine rings is 1. The molecule has 1 fully saturated rings. The quantitative estimate of drug-likeness (QED) is 0.519. The molecule has 1 aliphatic heterocycles. The highest BCUT2D eigenvalue weighted by molar-refractivity contribution is 7.98. The lowest BCUT2D eigenvalue weighted by Gasteiger charge is -2.39. The van der Waals surface area contributed by atoms with Gasteiger partial charge < -0.3 is 19.6 Å². The molecule has 170 valence electrons. The Morgan fingerprint density at radius 1 is 1.06 bits per heavy atom. The molecular weight excluding hydrogens is 404 g/mol. The number of likely N-dealkylation sites (tertiary alicyclic amines) is 1. The molecule has 0 aromatic heterocycles. The van der Waals surface area contributed by atoms with Crippen LogP contribution in [0.1, 0.15) is 38.7 Å². The van der Waals surface area contributed by atoms with Gasteiger partial charge in [-0.25, -0.2) is 0 Å². The van der Waals surface area contributed by atoms with Gasteiger partial charge in [0.15, 0.2) is 0 Å². The largest absolute Gasteiger partial charge is 0.491 e. The van der Waals surface area contributed by atoms with Gasteiger partial charge >= 0.3 is 0 Å². The predicted molar refractivity (Wildman–Crippen MR) is 133 cm³/mol. The first-order valence-electron chi connectivity index (χ1n) is 11.4. The lowest BCUT2D eigenvalue weighted by atomic mass is 9.88. The van der Waals surface area contributed by atoms with Gasteiger partial charge in [0.1, 0.15) is 5.75 Å². The van der Waals surface area contributed by atoms with Crippen LogP contribution < -0.4 is 9.64 Å². The molecule has 2 aromatic carbocycles. The van der Waals surface area contributed by atoms with Crippen LogP contribution in [0.2, 0.25) is 0 Å². The lowest BCUT2D eigenvalue weighted by Crippen LogP contribution is -2.46. The first-order chi connectivity index (χ1) is 14.9.